The average molecular weight is 274 g/mol. The topological polar surface area (TPSA) is 94.1 Å². The third-order valence-corrected chi connectivity index (χ3v) is 3.41. The van der Waals surface area contributed by atoms with Crippen molar-refractivity contribution < 1.29 is 9.45 Å². The largest absolute Gasteiger partial charge is 0.334 e. The number of non-ortho nitro benzene ring substituents is 1. The lowest BCUT2D eigenvalue weighted by molar-refractivity contribution is -0.384. The molecule has 20 heavy (non-hydrogen) atoms. The lowest BCUT2D eigenvalue weighted by atomic mass is 9.99. The fourth-order valence-electron chi connectivity index (χ4n) is 2.34. The molecular formula is C13H14N4O3. The van der Waals surface area contributed by atoms with Gasteiger partial charge in [-0.05, 0) is 25.5 Å². The Hall–Kier alpha value is -2.28. The van der Waals surface area contributed by atoms with Crippen molar-refractivity contribution in [2.24, 2.45) is 0 Å². The summed E-state index contributed by atoms with van der Waals surface area (Å²) in [5.74, 6) is 1.24. The second kappa shape index (κ2) is 5.38. The van der Waals surface area contributed by atoms with Crippen molar-refractivity contribution in [1.82, 2.24) is 15.5 Å². The van der Waals surface area contributed by atoms with E-state index in [2.05, 4.69) is 15.5 Å². The fraction of sp³-hybridized carbons (Fsp3) is 0.385. The molecule has 0 aliphatic carbocycles. The van der Waals surface area contributed by atoms with Gasteiger partial charge in [0.25, 0.3) is 11.6 Å². The van der Waals surface area contributed by atoms with Crippen LogP contribution in [-0.2, 0) is 0 Å². The van der Waals surface area contributed by atoms with Gasteiger partial charge in [0.2, 0.25) is 0 Å². The summed E-state index contributed by atoms with van der Waals surface area (Å²) >= 11 is 0. The van der Waals surface area contributed by atoms with Crippen molar-refractivity contribution in [2.75, 3.05) is 13.1 Å². The molecule has 2 aromatic rings. The Bertz CT molecular complexity index is 620. The third kappa shape index (κ3) is 2.53. The number of rotatable bonds is 3. The smallest absolute Gasteiger partial charge is 0.270 e. The quantitative estimate of drug-likeness (QED) is 0.680. The molecule has 1 aromatic heterocycles. The number of hydrogen-bond acceptors (Lipinski definition) is 6. The van der Waals surface area contributed by atoms with E-state index in [1.54, 1.807) is 12.1 Å². The van der Waals surface area contributed by atoms with E-state index >= 15 is 0 Å². The fourth-order valence-corrected chi connectivity index (χ4v) is 2.34. The standard InChI is InChI=1S/C13H14N4O3/c18-17(19)11-5-1-3-9(7-11)13-15-12(16-20-13)10-4-2-6-14-8-10/h1,3,5,7,10,14H,2,4,6,8H2. The van der Waals surface area contributed by atoms with Gasteiger partial charge in [0.1, 0.15) is 0 Å². The van der Waals surface area contributed by atoms with E-state index < -0.39 is 4.92 Å². The Morgan fingerprint density at radius 2 is 2.35 bits per heavy atom. The van der Waals surface area contributed by atoms with E-state index in [1.165, 1.54) is 12.1 Å². The first-order valence-corrected chi connectivity index (χ1v) is 6.53. The minimum atomic E-state index is -0.439. The third-order valence-electron chi connectivity index (χ3n) is 3.41. The van der Waals surface area contributed by atoms with Crippen LogP contribution in [0.2, 0.25) is 0 Å². The summed E-state index contributed by atoms with van der Waals surface area (Å²) in [4.78, 5) is 14.7. The summed E-state index contributed by atoms with van der Waals surface area (Å²) < 4.78 is 5.23. The van der Waals surface area contributed by atoms with Crippen molar-refractivity contribution in [3.8, 4) is 11.5 Å². The molecule has 104 valence electrons. The zero-order valence-electron chi connectivity index (χ0n) is 10.8. The number of nitro groups is 1. The summed E-state index contributed by atoms with van der Waals surface area (Å²) in [5, 5.41) is 18.1. The number of nitro benzene ring substituents is 1. The van der Waals surface area contributed by atoms with Crippen molar-refractivity contribution in [3.05, 3.63) is 40.2 Å². The molecule has 1 atom stereocenters. The monoisotopic (exact) mass is 274 g/mol. The Labute approximate surface area is 115 Å². The van der Waals surface area contributed by atoms with Gasteiger partial charge >= 0.3 is 0 Å². The summed E-state index contributed by atoms with van der Waals surface area (Å²) in [7, 11) is 0. The van der Waals surface area contributed by atoms with E-state index in [-0.39, 0.29) is 11.6 Å². The summed E-state index contributed by atoms with van der Waals surface area (Å²) in [6, 6.07) is 6.21. The number of nitrogens with zero attached hydrogens (tertiary/aromatic N) is 3. The van der Waals surface area contributed by atoms with Crippen LogP contribution in [0, 0.1) is 10.1 Å². The van der Waals surface area contributed by atoms with Gasteiger partial charge in [-0.2, -0.15) is 4.98 Å². The first kappa shape index (κ1) is 12.7. The predicted octanol–water partition coefficient (Wildman–Crippen LogP) is 2.11. The number of aromatic nitrogens is 2. The van der Waals surface area contributed by atoms with E-state index in [4.69, 9.17) is 4.52 Å². The average Bonchev–Trinajstić information content (AvgIpc) is 2.98. The van der Waals surface area contributed by atoms with Gasteiger partial charge in [0, 0.05) is 30.2 Å². The zero-order valence-corrected chi connectivity index (χ0v) is 10.8. The van der Waals surface area contributed by atoms with Gasteiger partial charge in [0.15, 0.2) is 5.82 Å². The molecule has 1 aliphatic heterocycles. The Morgan fingerprint density at radius 3 is 3.10 bits per heavy atom. The Morgan fingerprint density at radius 1 is 1.45 bits per heavy atom. The lowest BCUT2D eigenvalue weighted by Crippen LogP contribution is -2.28. The van der Waals surface area contributed by atoms with Crippen LogP contribution in [0.3, 0.4) is 0 Å². The van der Waals surface area contributed by atoms with Crippen LogP contribution in [0.4, 0.5) is 5.69 Å². The molecule has 0 saturated carbocycles. The van der Waals surface area contributed by atoms with Crippen molar-refractivity contribution in [3.63, 3.8) is 0 Å². The van der Waals surface area contributed by atoms with Gasteiger partial charge in [-0.3, -0.25) is 10.1 Å². The van der Waals surface area contributed by atoms with Crippen LogP contribution in [0.5, 0.6) is 0 Å². The van der Waals surface area contributed by atoms with Crippen molar-refractivity contribution in [1.29, 1.82) is 0 Å². The molecule has 7 heteroatoms. The van der Waals surface area contributed by atoms with Gasteiger partial charge in [0.05, 0.1) is 4.92 Å². The maximum absolute atomic E-state index is 10.8. The maximum Gasteiger partial charge on any atom is 0.270 e. The van der Waals surface area contributed by atoms with Crippen LogP contribution in [-0.4, -0.2) is 28.2 Å². The first-order chi connectivity index (χ1) is 9.74. The van der Waals surface area contributed by atoms with Gasteiger partial charge < -0.3 is 9.84 Å². The Balaban J connectivity index is 1.85. The predicted molar refractivity (Wildman–Crippen MR) is 71.2 cm³/mol. The molecule has 0 radical (unpaired) electrons. The number of nitrogens with one attached hydrogen (secondary N) is 1. The highest BCUT2D eigenvalue weighted by Crippen LogP contribution is 2.26. The minimum Gasteiger partial charge on any atom is -0.334 e. The SMILES string of the molecule is O=[N+]([O-])c1cccc(-c2nc(C3CCCNC3)no2)c1. The summed E-state index contributed by atoms with van der Waals surface area (Å²) in [6.45, 7) is 1.86. The van der Waals surface area contributed by atoms with Gasteiger partial charge in [-0.25, -0.2) is 0 Å². The Kier molecular flexibility index (Phi) is 3.42. The van der Waals surface area contributed by atoms with Gasteiger partial charge in [-0.15, -0.1) is 0 Å². The molecule has 1 N–H and O–H groups in total. The highest BCUT2D eigenvalue weighted by Gasteiger charge is 2.21. The molecule has 7 nitrogen and oxygen atoms in total. The van der Waals surface area contributed by atoms with Crippen LogP contribution < -0.4 is 5.32 Å². The molecule has 1 saturated heterocycles. The molecule has 0 bridgehead atoms. The minimum absolute atomic E-state index is 0.0154. The first-order valence-electron chi connectivity index (χ1n) is 6.53. The highest BCUT2D eigenvalue weighted by molar-refractivity contribution is 5.57. The van der Waals surface area contributed by atoms with Crippen LogP contribution >= 0.6 is 0 Å². The van der Waals surface area contributed by atoms with Crippen molar-refractivity contribution >= 4 is 5.69 Å². The molecule has 0 amide bonds. The molecule has 2 heterocycles. The number of benzene rings is 1. The second-order valence-electron chi connectivity index (χ2n) is 4.81. The van der Waals surface area contributed by atoms with Crippen LogP contribution in [0.1, 0.15) is 24.6 Å². The number of hydrogen-bond donors (Lipinski definition) is 1. The molecule has 1 fully saturated rings. The normalized spacial score (nSPS) is 18.9. The number of piperidine rings is 1. The van der Waals surface area contributed by atoms with E-state index in [1.807, 2.05) is 0 Å². The van der Waals surface area contributed by atoms with E-state index in [0.717, 1.165) is 25.9 Å². The van der Waals surface area contributed by atoms with E-state index in [0.29, 0.717) is 17.3 Å². The molecular weight excluding hydrogens is 260 g/mol. The highest BCUT2D eigenvalue weighted by atomic mass is 16.6. The van der Waals surface area contributed by atoms with E-state index in [9.17, 15) is 10.1 Å². The molecule has 0 spiro atoms. The van der Waals surface area contributed by atoms with Crippen molar-refractivity contribution in [2.45, 2.75) is 18.8 Å². The summed E-state index contributed by atoms with van der Waals surface area (Å²) in [5.41, 5.74) is 0.586. The maximum atomic E-state index is 10.8. The lowest BCUT2D eigenvalue weighted by Gasteiger charge is -2.19. The molecule has 1 aliphatic rings. The summed E-state index contributed by atoms with van der Waals surface area (Å²) in [6.07, 6.45) is 2.12. The van der Waals surface area contributed by atoms with Crippen LogP contribution in [0.15, 0.2) is 28.8 Å². The van der Waals surface area contributed by atoms with Crippen LogP contribution in [0.25, 0.3) is 11.5 Å². The van der Waals surface area contributed by atoms with Gasteiger partial charge in [-0.1, -0.05) is 11.2 Å². The zero-order chi connectivity index (χ0) is 13.9. The second-order valence-corrected chi connectivity index (χ2v) is 4.81. The molecule has 3 rings (SSSR count). The molecule has 1 unspecified atom stereocenters. The molecule has 1 aromatic carbocycles.